The van der Waals surface area contributed by atoms with Gasteiger partial charge in [0.05, 0.1) is 0 Å². The Morgan fingerprint density at radius 2 is 1.57 bits per heavy atom. The summed E-state index contributed by atoms with van der Waals surface area (Å²) in [6.45, 7) is 5.25. The first-order valence-corrected chi connectivity index (χ1v) is 4.15. The monoisotopic (exact) mass is 208 g/mol. The van der Waals surface area contributed by atoms with Gasteiger partial charge in [0.25, 0.3) is 0 Å². The molecule has 14 heavy (non-hydrogen) atoms. The number of halogens is 2. The van der Waals surface area contributed by atoms with E-state index in [0.29, 0.717) is 6.92 Å². The van der Waals surface area contributed by atoms with Gasteiger partial charge in [-0.1, -0.05) is 0 Å². The molecule has 0 N–H and O–H groups in total. The Balaban J connectivity index is 4.16. The van der Waals surface area contributed by atoms with E-state index in [2.05, 4.69) is 0 Å². The van der Waals surface area contributed by atoms with Crippen LogP contribution < -0.4 is 0 Å². The molecular weight excluding hydrogens is 194 g/mol. The zero-order chi connectivity index (χ0) is 11.6. The fourth-order valence-corrected chi connectivity index (χ4v) is 0.664. The van der Waals surface area contributed by atoms with Gasteiger partial charge in [-0.2, -0.15) is 8.78 Å². The number of hydrogen-bond donors (Lipinski definition) is 0. The van der Waals surface area contributed by atoms with Crippen LogP contribution in [-0.2, 0) is 14.3 Å². The molecule has 82 valence electrons. The van der Waals surface area contributed by atoms with Crippen molar-refractivity contribution in [1.82, 2.24) is 0 Å². The summed E-state index contributed by atoms with van der Waals surface area (Å²) < 4.78 is 29.4. The Labute approximate surface area is 81.4 Å². The summed E-state index contributed by atoms with van der Waals surface area (Å²) in [5.74, 6) is -5.83. The Kier molecular flexibility index (Phi) is 3.73. The summed E-state index contributed by atoms with van der Waals surface area (Å²) in [6, 6.07) is 0. The minimum absolute atomic E-state index is 0.458. The highest BCUT2D eigenvalue weighted by molar-refractivity contribution is 5.99. The minimum atomic E-state index is -3.48. The lowest BCUT2D eigenvalue weighted by atomic mass is 10.1. The van der Waals surface area contributed by atoms with Gasteiger partial charge in [0, 0.05) is 6.92 Å². The van der Waals surface area contributed by atoms with Crippen molar-refractivity contribution in [3.05, 3.63) is 0 Å². The molecule has 0 saturated heterocycles. The zero-order valence-corrected chi connectivity index (χ0v) is 8.69. The van der Waals surface area contributed by atoms with Crippen LogP contribution in [0.1, 0.15) is 34.1 Å². The number of rotatable bonds is 3. The molecule has 0 aromatic rings. The SMILES string of the molecule is CC(C)(C)OC(=O)CC(=O)C(C)(F)F. The zero-order valence-electron chi connectivity index (χ0n) is 8.69. The van der Waals surface area contributed by atoms with E-state index in [1.165, 1.54) is 0 Å². The van der Waals surface area contributed by atoms with Crippen LogP contribution in [0.4, 0.5) is 8.78 Å². The summed E-state index contributed by atoms with van der Waals surface area (Å²) in [6.07, 6.45) is -0.888. The maximum absolute atomic E-state index is 12.4. The number of Topliss-reactive ketones (excluding diaryl/α,β-unsaturated/α-hetero) is 1. The van der Waals surface area contributed by atoms with Gasteiger partial charge in [-0.25, -0.2) is 0 Å². The molecule has 0 atom stereocenters. The van der Waals surface area contributed by atoms with Crippen LogP contribution in [0, 0.1) is 0 Å². The quantitative estimate of drug-likeness (QED) is 0.526. The van der Waals surface area contributed by atoms with Crippen molar-refractivity contribution in [1.29, 1.82) is 0 Å². The smallest absolute Gasteiger partial charge is 0.314 e. The summed E-state index contributed by atoms with van der Waals surface area (Å²) in [7, 11) is 0. The molecule has 0 aromatic carbocycles. The minimum Gasteiger partial charge on any atom is -0.460 e. The molecule has 0 saturated carbocycles. The highest BCUT2D eigenvalue weighted by Crippen LogP contribution is 2.16. The van der Waals surface area contributed by atoms with E-state index in [1.807, 2.05) is 0 Å². The van der Waals surface area contributed by atoms with Crippen LogP contribution in [0.3, 0.4) is 0 Å². The van der Waals surface area contributed by atoms with Crippen LogP contribution in [0.2, 0.25) is 0 Å². The van der Waals surface area contributed by atoms with Gasteiger partial charge < -0.3 is 4.74 Å². The Hall–Kier alpha value is -1.00. The Bertz CT molecular complexity index is 235. The van der Waals surface area contributed by atoms with E-state index in [1.54, 1.807) is 20.8 Å². The third kappa shape index (κ3) is 5.61. The van der Waals surface area contributed by atoms with Crippen molar-refractivity contribution in [3.8, 4) is 0 Å². The number of carbonyl (C=O) groups excluding carboxylic acids is 2. The van der Waals surface area contributed by atoms with Crippen molar-refractivity contribution in [3.63, 3.8) is 0 Å². The predicted octanol–water partition coefficient (Wildman–Crippen LogP) is 1.94. The first-order chi connectivity index (χ1) is 6.02. The largest absolute Gasteiger partial charge is 0.460 e. The van der Waals surface area contributed by atoms with Crippen molar-refractivity contribution in [2.24, 2.45) is 0 Å². The van der Waals surface area contributed by atoms with Crippen LogP contribution in [0.15, 0.2) is 0 Å². The first-order valence-electron chi connectivity index (χ1n) is 4.15. The first kappa shape index (κ1) is 13.0. The summed E-state index contributed by atoms with van der Waals surface area (Å²) in [4.78, 5) is 21.6. The maximum atomic E-state index is 12.4. The molecule has 0 aliphatic carbocycles. The lowest BCUT2D eigenvalue weighted by Crippen LogP contribution is -2.31. The molecule has 0 aliphatic rings. The van der Waals surface area contributed by atoms with E-state index in [4.69, 9.17) is 4.74 Å². The van der Waals surface area contributed by atoms with Gasteiger partial charge in [-0.15, -0.1) is 0 Å². The van der Waals surface area contributed by atoms with E-state index < -0.39 is 29.7 Å². The number of alkyl halides is 2. The second-order valence-corrected chi connectivity index (χ2v) is 4.07. The average molecular weight is 208 g/mol. The molecule has 0 amide bonds. The second-order valence-electron chi connectivity index (χ2n) is 4.07. The van der Waals surface area contributed by atoms with E-state index in [9.17, 15) is 18.4 Å². The molecule has 0 heterocycles. The van der Waals surface area contributed by atoms with Crippen molar-refractivity contribution < 1.29 is 23.1 Å². The third-order valence-electron chi connectivity index (χ3n) is 1.21. The lowest BCUT2D eigenvalue weighted by molar-refractivity contribution is -0.160. The number of ether oxygens (including phenoxy) is 1. The summed E-state index contributed by atoms with van der Waals surface area (Å²) in [5, 5.41) is 0. The topological polar surface area (TPSA) is 43.4 Å². The fourth-order valence-electron chi connectivity index (χ4n) is 0.664. The number of hydrogen-bond acceptors (Lipinski definition) is 3. The predicted molar refractivity (Wildman–Crippen MR) is 46.1 cm³/mol. The van der Waals surface area contributed by atoms with Crippen LogP contribution in [0.5, 0.6) is 0 Å². The highest BCUT2D eigenvalue weighted by atomic mass is 19.3. The molecule has 0 bridgehead atoms. The van der Waals surface area contributed by atoms with Gasteiger partial charge in [0.15, 0.2) is 0 Å². The lowest BCUT2D eigenvalue weighted by Gasteiger charge is -2.19. The van der Waals surface area contributed by atoms with E-state index in [0.717, 1.165) is 0 Å². The average Bonchev–Trinajstić information content (AvgIpc) is 1.79. The van der Waals surface area contributed by atoms with E-state index >= 15 is 0 Å². The summed E-state index contributed by atoms with van der Waals surface area (Å²) in [5.41, 5.74) is -0.764. The Morgan fingerprint density at radius 3 is 1.86 bits per heavy atom. The Morgan fingerprint density at radius 1 is 1.14 bits per heavy atom. The van der Waals surface area contributed by atoms with E-state index in [-0.39, 0.29) is 0 Å². The third-order valence-corrected chi connectivity index (χ3v) is 1.21. The van der Waals surface area contributed by atoms with Crippen LogP contribution in [0.25, 0.3) is 0 Å². The molecule has 0 aromatic heterocycles. The van der Waals surface area contributed by atoms with Gasteiger partial charge in [-0.05, 0) is 20.8 Å². The standard InChI is InChI=1S/C9H14F2O3/c1-8(2,3)14-7(13)5-6(12)9(4,10)11/h5H2,1-4H3. The second kappa shape index (κ2) is 4.02. The van der Waals surface area contributed by atoms with Crippen molar-refractivity contribution >= 4 is 11.8 Å². The van der Waals surface area contributed by atoms with Gasteiger partial charge in [-0.3, -0.25) is 9.59 Å². The highest BCUT2D eigenvalue weighted by Gasteiger charge is 2.34. The molecule has 5 heteroatoms. The van der Waals surface area contributed by atoms with Gasteiger partial charge in [0.2, 0.25) is 5.78 Å². The number of ketones is 1. The maximum Gasteiger partial charge on any atom is 0.314 e. The molecule has 0 aliphatic heterocycles. The molecule has 0 rings (SSSR count). The summed E-state index contributed by atoms with van der Waals surface area (Å²) >= 11 is 0. The van der Waals surface area contributed by atoms with Crippen molar-refractivity contribution in [2.45, 2.75) is 45.6 Å². The molecule has 0 unspecified atom stereocenters. The number of esters is 1. The van der Waals surface area contributed by atoms with Crippen molar-refractivity contribution in [2.75, 3.05) is 0 Å². The fraction of sp³-hybridized carbons (Fsp3) is 0.778. The molecule has 3 nitrogen and oxygen atoms in total. The molecular formula is C9H14F2O3. The molecule has 0 radical (unpaired) electrons. The normalized spacial score (nSPS) is 12.4. The molecule has 0 spiro atoms. The van der Waals surface area contributed by atoms with Gasteiger partial charge >= 0.3 is 11.9 Å². The van der Waals surface area contributed by atoms with Crippen LogP contribution in [-0.4, -0.2) is 23.3 Å². The number of carbonyl (C=O) groups is 2. The van der Waals surface area contributed by atoms with Crippen LogP contribution >= 0.6 is 0 Å². The van der Waals surface area contributed by atoms with Gasteiger partial charge in [0.1, 0.15) is 12.0 Å². The molecule has 0 fully saturated rings.